The number of rotatable bonds is 4. The molecule has 1 aromatic carbocycles. The third kappa shape index (κ3) is 2.74. The highest BCUT2D eigenvalue weighted by Crippen LogP contribution is 2.32. The number of ether oxygens (including phenoxy) is 1. The van der Waals surface area contributed by atoms with E-state index < -0.39 is 16.1 Å². The van der Waals surface area contributed by atoms with E-state index in [4.69, 9.17) is 10.5 Å². The molecule has 1 aliphatic heterocycles. The number of anilines is 1. The maximum Gasteiger partial charge on any atom is 0.246 e. The number of methoxy groups -OCH3 is 1. The molecule has 7 heteroatoms. The Morgan fingerprint density at radius 1 is 1.50 bits per heavy atom. The zero-order chi connectivity index (χ0) is 14.9. The van der Waals surface area contributed by atoms with Crippen molar-refractivity contribution < 1.29 is 18.3 Å². The first kappa shape index (κ1) is 15.1. The third-order valence-corrected chi connectivity index (χ3v) is 5.58. The van der Waals surface area contributed by atoms with Crippen LogP contribution in [-0.2, 0) is 10.0 Å². The summed E-state index contributed by atoms with van der Waals surface area (Å²) >= 11 is 0. The number of nitrogens with zero attached hydrogens (tertiary/aromatic N) is 1. The van der Waals surface area contributed by atoms with E-state index in [1.165, 1.54) is 29.6 Å². The Kier molecular flexibility index (Phi) is 4.22. The molecule has 1 heterocycles. The van der Waals surface area contributed by atoms with Crippen molar-refractivity contribution in [3.05, 3.63) is 18.2 Å². The first-order chi connectivity index (χ1) is 9.36. The van der Waals surface area contributed by atoms with Crippen LogP contribution in [0.2, 0.25) is 0 Å². The smallest absolute Gasteiger partial charge is 0.246 e. The van der Waals surface area contributed by atoms with Gasteiger partial charge in [-0.1, -0.05) is 0 Å². The molecular formula is C13H20N2O4S. The summed E-state index contributed by atoms with van der Waals surface area (Å²) in [5.41, 5.74) is 6.09. The van der Waals surface area contributed by atoms with Gasteiger partial charge in [-0.05, 0) is 31.4 Å². The molecule has 0 amide bonds. The number of sulfonamides is 1. The minimum atomic E-state index is -3.62. The molecule has 0 aliphatic carbocycles. The molecule has 1 fully saturated rings. The normalized spacial score (nSPS) is 21.9. The molecule has 6 nitrogen and oxygen atoms in total. The standard InChI is InChI=1S/C13H20N2O4S/c1-9(16)10-5-6-15(8-10)20(17,18)13-4-3-11(14)7-12(13)19-2/h3-4,7,9-10,16H,5-6,8,14H2,1-2H3. The summed E-state index contributed by atoms with van der Waals surface area (Å²) in [7, 11) is -2.21. The van der Waals surface area contributed by atoms with E-state index >= 15 is 0 Å². The molecule has 0 saturated carbocycles. The van der Waals surface area contributed by atoms with Gasteiger partial charge in [-0.15, -0.1) is 0 Å². The number of hydrogen-bond donors (Lipinski definition) is 2. The fourth-order valence-electron chi connectivity index (χ4n) is 2.40. The molecule has 0 bridgehead atoms. The minimum absolute atomic E-state index is 0.0236. The number of nitrogen functional groups attached to an aromatic ring is 1. The Labute approximate surface area is 119 Å². The molecule has 20 heavy (non-hydrogen) atoms. The second-order valence-corrected chi connectivity index (χ2v) is 6.97. The van der Waals surface area contributed by atoms with Crippen LogP contribution in [-0.4, -0.2) is 44.1 Å². The monoisotopic (exact) mass is 300 g/mol. The summed E-state index contributed by atoms with van der Waals surface area (Å²) in [6.07, 6.45) is 0.150. The van der Waals surface area contributed by atoms with Crippen LogP contribution >= 0.6 is 0 Å². The van der Waals surface area contributed by atoms with Gasteiger partial charge in [-0.3, -0.25) is 0 Å². The molecule has 1 aliphatic rings. The van der Waals surface area contributed by atoms with E-state index in [-0.39, 0.29) is 16.6 Å². The van der Waals surface area contributed by atoms with Gasteiger partial charge in [0.15, 0.2) is 0 Å². The summed E-state index contributed by atoms with van der Waals surface area (Å²) in [6.45, 7) is 2.42. The van der Waals surface area contributed by atoms with E-state index in [0.29, 0.717) is 25.2 Å². The average Bonchev–Trinajstić information content (AvgIpc) is 2.88. The lowest BCUT2D eigenvalue weighted by atomic mass is 10.0. The molecule has 112 valence electrons. The highest BCUT2D eigenvalue weighted by Gasteiger charge is 2.35. The average molecular weight is 300 g/mol. The largest absolute Gasteiger partial charge is 0.495 e. The minimum Gasteiger partial charge on any atom is -0.495 e. The molecular weight excluding hydrogens is 280 g/mol. The highest BCUT2D eigenvalue weighted by molar-refractivity contribution is 7.89. The fraction of sp³-hybridized carbons (Fsp3) is 0.538. The summed E-state index contributed by atoms with van der Waals surface area (Å²) < 4.78 is 31.7. The SMILES string of the molecule is COc1cc(N)ccc1S(=O)(=O)N1CCC(C(C)O)C1. The van der Waals surface area contributed by atoms with Crippen LogP contribution in [0.5, 0.6) is 5.75 Å². The topological polar surface area (TPSA) is 92.9 Å². The van der Waals surface area contributed by atoms with E-state index in [1.54, 1.807) is 6.92 Å². The zero-order valence-corrected chi connectivity index (χ0v) is 12.4. The summed E-state index contributed by atoms with van der Waals surface area (Å²) in [6, 6.07) is 4.49. The van der Waals surface area contributed by atoms with Gasteiger partial charge in [0.1, 0.15) is 10.6 Å². The van der Waals surface area contributed by atoms with Crippen LogP contribution in [0.15, 0.2) is 23.1 Å². The van der Waals surface area contributed by atoms with E-state index in [0.717, 1.165) is 0 Å². The van der Waals surface area contributed by atoms with Crippen LogP contribution in [0.3, 0.4) is 0 Å². The predicted molar refractivity (Wildman–Crippen MR) is 76.0 cm³/mol. The molecule has 0 radical (unpaired) electrons. The van der Waals surface area contributed by atoms with Gasteiger partial charge in [0.05, 0.1) is 13.2 Å². The summed E-state index contributed by atoms with van der Waals surface area (Å²) in [4.78, 5) is 0.112. The second-order valence-electron chi connectivity index (χ2n) is 5.06. The second kappa shape index (κ2) is 5.59. The van der Waals surface area contributed by atoms with Gasteiger partial charge >= 0.3 is 0 Å². The number of hydrogen-bond acceptors (Lipinski definition) is 5. The molecule has 3 N–H and O–H groups in total. The van der Waals surface area contributed by atoms with Crippen LogP contribution < -0.4 is 10.5 Å². The number of aliphatic hydroxyl groups is 1. The Morgan fingerprint density at radius 3 is 2.75 bits per heavy atom. The third-order valence-electron chi connectivity index (χ3n) is 3.68. The van der Waals surface area contributed by atoms with Crippen molar-refractivity contribution in [2.24, 2.45) is 5.92 Å². The Bertz CT molecular complexity index is 586. The Morgan fingerprint density at radius 2 is 2.20 bits per heavy atom. The molecule has 2 rings (SSSR count). The molecule has 1 saturated heterocycles. The van der Waals surface area contributed by atoms with Crippen LogP contribution in [0, 0.1) is 5.92 Å². The highest BCUT2D eigenvalue weighted by atomic mass is 32.2. The lowest BCUT2D eigenvalue weighted by Crippen LogP contribution is -2.30. The van der Waals surface area contributed by atoms with Crippen molar-refractivity contribution in [3.63, 3.8) is 0 Å². The molecule has 2 unspecified atom stereocenters. The van der Waals surface area contributed by atoms with Gasteiger partial charge in [0.2, 0.25) is 10.0 Å². The zero-order valence-electron chi connectivity index (χ0n) is 11.6. The van der Waals surface area contributed by atoms with Crippen molar-refractivity contribution in [3.8, 4) is 5.75 Å². The lowest BCUT2D eigenvalue weighted by molar-refractivity contribution is 0.133. The van der Waals surface area contributed by atoms with Crippen molar-refractivity contribution in [2.45, 2.75) is 24.3 Å². The predicted octanol–water partition coefficient (Wildman–Crippen LogP) is 0.669. The van der Waals surface area contributed by atoms with Crippen LogP contribution in [0.25, 0.3) is 0 Å². The van der Waals surface area contributed by atoms with E-state index in [9.17, 15) is 13.5 Å². The number of aliphatic hydroxyl groups excluding tert-OH is 1. The fourth-order valence-corrected chi connectivity index (χ4v) is 4.05. The molecule has 0 spiro atoms. The summed E-state index contributed by atoms with van der Waals surface area (Å²) in [5, 5.41) is 9.58. The first-order valence-corrected chi connectivity index (χ1v) is 7.92. The van der Waals surface area contributed by atoms with Gasteiger partial charge in [0, 0.05) is 24.8 Å². The van der Waals surface area contributed by atoms with Crippen LogP contribution in [0.1, 0.15) is 13.3 Å². The molecule has 2 atom stereocenters. The van der Waals surface area contributed by atoms with Gasteiger partial charge in [-0.2, -0.15) is 4.31 Å². The maximum atomic E-state index is 12.6. The number of nitrogens with two attached hydrogens (primary N) is 1. The van der Waals surface area contributed by atoms with Crippen molar-refractivity contribution >= 4 is 15.7 Å². The van der Waals surface area contributed by atoms with E-state index in [1.807, 2.05) is 0 Å². The Balaban J connectivity index is 2.32. The molecule has 1 aromatic rings. The molecule has 0 aromatic heterocycles. The van der Waals surface area contributed by atoms with Gasteiger partial charge in [-0.25, -0.2) is 8.42 Å². The number of benzene rings is 1. The van der Waals surface area contributed by atoms with Crippen molar-refractivity contribution in [1.82, 2.24) is 4.31 Å². The lowest BCUT2D eigenvalue weighted by Gasteiger charge is -2.19. The van der Waals surface area contributed by atoms with Crippen molar-refractivity contribution in [1.29, 1.82) is 0 Å². The Hall–Kier alpha value is -1.31. The summed E-state index contributed by atoms with van der Waals surface area (Å²) in [5.74, 6) is 0.218. The van der Waals surface area contributed by atoms with E-state index in [2.05, 4.69) is 0 Å². The van der Waals surface area contributed by atoms with Gasteiger partial charge in [0.25, 0.3) is 0 Å². The maximum absolute atomic E-state index is 12.6. The van der Waals surface area contributed by atoms with Gasteiger partial charge < -0.3 is 15.6 Å². The quantitative estimate of drug-likeness (QED) is 0.797. The van der Waals surface area contributed by atoms with Crippen molar-refractivity contribution in [2.75, 3.05) is 25.9 Å². The first-order valence-electron chi connectivity index (χ1n) is 6.48. The van der Waals surface area contributed by atoms with Crippen LogP contribution in [0.4, 0.5) is 5.69 Å².